The minimum Gasteiger partial charge on any atom is -0.399 e. The maximum atomic E-state index is 12.4. The van der Waals surface area contributed by atoms with Crippen LogP contribution in [-0.4, -0.2) is 29.5 Å². The highest BCUT2D eigenvalue weighted by Gasteiger charge is 2.40. The van der Waals surface area contributed by atoms with Crippen molar-refractivity contribution >= 4 is 22.9 Å². The highest BCUT2D eigenvalue weighted by atomic mass is 32.1. The van der Waals surface area contributed by atoms with E-state index in [0.717, 1.165) is 35.0 Å². The quantitative estimate of drug-likeness (QED) is 0.756. The third kappa shape index (κ3) is 2.48. The average molecular weight is 314 g/mol. The maximum Gasteiger partial charge on any atom is 0.280 e. The van der Waals surface area contributed by atoms with Crippen LogP contribution in [0.25, 0.3) is 10.4 Å². The number of carbonyl (C=O) groups is 1. The Morgan fingerprint density at radius 2 is 2.14 bits per heavy atom. The monoisotopic (exact) mass is 314 g/mol. The Morgan fingerprint density at radius 3 is 2.82 bits per heavy atom. The number of nitrogens with two attached hydrogens (primary N) is 1. The fourth-order valence-electron chi connectivity index (χ4n) is 3.40. The highest BCUT2D eigenvalue weighted by Crippen LogP contribution is 2.32. The molecular formula is C16H18N4OS. The molecule has 1 aromatic carbocycles. The smallest absolute Gasteiger partial charge is 0.280 e. The summed E-state index contributed by atoms with van der Waals surface area (Å²) in [4.78, 5) is 17.6. The molecule has 2 aromatic rings. The van der Waals surface area contributed by atoms with Crippen LogP contribution in [0.1, 0.15) is 22.6 Å². The van der Waals surface area contributed by atoms with Gasteiger partial charge in [0.15, 0.2) is 5.01 Å². The SMILES string of the molecule is Nc1ccc(-c2cnc(C(=O)NC3CC4CNC3C4)s2)cc1. The van der Waals surface area contributed by atoms with Crippen LogP contribution in [0.4, 0.5) is 5.69 Å². The summed E-state index contributed by atoms with van der Waals surface area (Å²) in [6.07, 6.45) is 4.02. The number of nitrogens with zero attached hydrogens (tertiary/aromatic N) is 1. The maximum absolute atomic E-state index is 12.4. The van der Waals surface area contributed by atoms with Gasteiger partial charge >= 0.3 is 0 Å². The van der Waals surface area contributed by atoms with E-state index < -0.39 is 0 Å². The Labute approximate surface area is 132 Å². The van der Waals surface area contributed by atoms with Gasteiger partial charge in [-0.3, -0.25) is 4.79 Å². The molecule has 3 unspecified atom stereocenters. The molecule has 22 heavy (non-hydrogen) atoms. The van der Waals surface area contributed by atoms with Crippen molar-refractivity contribution in [2.45, 2.75) is 24.9 Å². The van der Waals surface area contributed by atoms with Crippen molar-refractivity contribution in [1.29, 1.82) is 0 Å². The summed E-state index contributed by atoms with van der Waals surface area (Å²) >= 11 is 1.42. The number of rotatable bonds is 3. The first kappa shape index (κ1) is 13.7. The summed E-state index contributed by atoms with van der Waals surface area (Å²) in [5.74, 6) is 0.656. The highest BCUT2D eigenvalue weighted by molar-refractivity contribution is 7.16. The lowest BCUT2D eigenvalue weighted by Crippen LogP contribution is -2.47. The Kier molecular flexibility index (Phi) is 3.35. The minimum absolute atomic E-state index is 0.0638. The molecule has 1 aliphatic carbocycles. The van der Waals surface area contributed by atoms with Gasteiger partial charge in [-0.05, 0) is 43.0 Å². The van der Waals surface area contributed by atoms with Crippen molar-refractivity contribution in [1.82, 2.24) is 15.6 Å². The molecule has 2 fully saturated rings. The molecule has 1 aliphatic heterocycles. The van der Waals surface area contributed by atoms with Crippen LogP contribution >= 0.6 is 11.3 Å². The molecule has 1 aromatic heterocycles. The number of carbonyl (C=O) groups excluding carboxylic acids is 1. The van der Waals surface area contributed by atoms with Gasteiger partial charge in [-0.1, -0.05) is 12.1 Å². The van der Waals surface area contributed by atoms with Crippen LogP contribution in [0.15, 0.2) is 30.5 Å². The molecule has 5 nitrogen and oxygen atoms in total. The molecule has 114 valence electrons. The molecule has 4 N–H and O–H groups in total. The Balaban J connectivity index is 1.46. The number of piperidine rings is 1. The first-order chi connectivity index (χ1) is 10.7. The zero-order valence-electron chi connectivity index (χ0n) is 12.1. The second-order valence-corrected chi connectivity index (χ2v) is 7.11. The number of benzene rings is 1. The van der Waals surface area contributed by atoms with Gasteiger partial charge in [-0.15, -0.1) is 11.3 Å². The second-order valence-electron chi connectivity index (χ2n) is 6.08. The van der Waals surface area contributed by atoms with Gasteiger partial charge in [0.2, 0.25) is 0 Å². The molecule has 3 atom stereocenters. The predicted octanol–water partition coefficient (Wildman–Crippen LogP) is 1.87. The van der Waals surface area contributed by atoms with E-state index >= 15 is 0 Å². The lowest BCUT2D eigenvalue weighted by molar-refractivity contribution is 0.0928. The predicted molar refractivity (Wildman–Crippen MR) is 87.7 cm³/mol. The van der Waals surface area contributed by atoms with Crippen molar-refractivity contribution < 1.29 is 4.79 Å². The summed E-state index contributed by atoms with van der Waals surface area (Å²) in [6, 6.07) is 8.29. The van der Waals surface area contributed by atoms with Crippen molar-refractivity contribution in [2.24, 2.45) is 5.92 Å². The van der Waals surface area contributed by atoms with Crippen molar-refractivity contribution in [3.63, 3.8) is 0 Å². The van der Waals surface area contributed by atoms with E-state index in [4.69, 9.17) is 5.73 Å². The summed E-state index contributed by atoms with van der Waals surface area (Å²) in [7, 11) is 0. The number of aromatic nitrogens is 1. The van der Waals surface area contributed by atoms with E-state index in [1.807, 2.05) is 24.3 Å². The molecule has 1 saturated heterocycles. The topological polar surface area (TPSA) is 80.0 Å². The molecule has 2 bridgehead atoms. The normalized spacial score (nSPS) is 26.3. The van der Waals surface area contributed by atoms with Gasteiger partial charge in [0.05, 0.1) is 4.88 Å². The van der Waals surface area contributed by atoms with Crippen LogP contribution in [0, 0.1) is 5.92 Å². The number of nitrogens with one attached hydrogen (secondary N) is 2. The van der Waals surface area contributed by atoms with Crippen molar-refractivity contribution in [2.75, 3.05) is 12.3 Å². The second kappa shape index (κ2) is 5.37. The number of amides is 1. The van der Waals surface area contributed by atoms with Gasteiger partial charge < -0.3 is 16.4 Å². The third-order valence-corrected chi connectivity index (χ3v) is 5.59. The fourth-order valence-corrected chi connectivity index (χ4v) is 4.23. The number of fused-ring (bicyclic) bond motifs is 2. The molecule has 0 radical (unpaired) electrons. The third-order valence-electron chi connectivity index (χ3n) is 4.54. The largest absolute Gasteiger partial charge is 0.399 e. The first-order valence-corrected chi connectivity index (χ1v) is 8.36. The van der Waals surface area contributed by atoms with E-state index in [1.165, 1.54) is 17.8 Å². The summed E-state index contributed by atoms with van der Waals surface area (Å²) < 4.78 is 0. The first-order valence-electron chi connectivity index (χ1n) is 7.55. The number of thiazole rings is 1. The van der Waals surface area contributed by atoms with E-state index in [1.54, 1.807) is 6.20 Å². The molecule has 6 heteroatoms. The number of nitrogen functional groups attached to an aromatic ring is 1. The van der Waals surface area contributed by atoms with Crippen LogP contribution < -0.4 is 16.4 Å². The van der Waals surface area contributed by atoms with E-state index in [2.05, 4.69) is 15.6 Å². The summed E-state index contributed by atoms with van der Waals surface area (Å²) in [5, 5.41) is 7.11. The summed E-state index contributed by atoms with van der Waals surface area (Å²) in [5.41, 5.74) is 7.46. The van der Waals surface area contributed by atoms with Gasteiger partial charge in [0.25, 0.3) is 5.91 Å². The molecule has 0 spiro atoms. The standard InChI is InChI=1S/C16H18N4OS/c17-11-3-1-10(2-4-11)14-8-19-16(22-14)15(21)20-13-6-9-5-12(13)18-7-9/h1-4,8-9,12-13,18H,5-7,17H2,(H,20,21). The van der Waals surface area contributed by atoms with Crippen LogP contribution in [0.2, 0.25) is 0 Å². The van der Waals surface area contributed by atoms with Gasteiger partial charge in [-0.2, -0.15) is 0 Å². The van der Waals surface area contributed by atoms with E-state index in [-0.39, 0.29) is 11.9 Å². The number of anilines is 1. The lowest BCUT2D eigenvalue weighted by Gasteiger charge is -2.23. The zero-order valence-corrected chi connectivity index (χ0v) is 12.9. The van der Waals surface area contributed by atoms with Crippen LogP contribution in [0.5, 0.6) is 0 Å². The Bertz CT molecular complexity index is 696. The molecule has 1 amide bonds. The van der Waals surface area contributed by atoms with E-state index in [9.17, 15) is 4.79 Å². The molecule has 2 heterocycles. The average Bonchev–Trinajstić information content (AvgIpc) is 3.24. The molecule has 4 rings (SSSR count). The Hall–Kier alpha value is -1.92. The van der Waals surface area contributed by atoms with Crippen LogP contribution in [-0.2, 0) is 0 Å². The van der Waals surface area contributed by atoms with Crippen molar-refractivity contribution in [3.05, 3.63) is 35.5 Å². The summed E-state index contributed by atoms with van der Waals surface area (Å²) in [6.45, 7) is 1.09. The lowest BCUT2D eigenvalue weighted by atomic mass is 10.1. The molecule has 2 aliphatic rings. The van der Waals surface area contributed by atoms with Crippen molar-refractivity contribution in [3.8, 4) is 10.4 Å². The van der Waals surface area contributed by atoms with Gasteiger partial charge in [0.1, 0.15) is 0 Å². The minimum atomic E-state index is -0.0638. The molecular weight excluding hydrogens is 296 g/mol. The Morgan fingerprint density at radius 1 is 1.32 bits per heavy atom. The van der Waals surface area contributed by atoms with Crippen LogP contribution in [0.3, 0.4) is 0 Å². The molecule has 1 saturated carbocycles. The van der Waals surface area contributed by atoms with E-state index in [0.29, 0.717) is 11.0 Å². The van der Waals surface area contributed by atoms with Gasteiger partial charge in [0, 0.05) is 24.0 Å². The van der Waals surface area contributed by atoms with Gasteiger partial charge in [-0.25, -0.2) is 4.98 Å². The number of hydrogen-bond acceptors (Lipinski definition) is 5. The zero-order chi connectivity index (χ0) is 15.1. The number of hydrogen-bond donors (Lipinski definition) is 3. The fraction of sp³-hybridized carbons (Fsp3) is 0.375.